The van der Waals surface area contributed by atoms with Crippen LogP contribution in [-0.4, -0.2) is 60.8 Å². The molecule has 0 spiro atoms. The molecule has 3 aromatic rings. The van der Waals surface area contributed by atoms with E-state index in [1.807, 2.05) is 0 Å². The molecule has 34 heavy (non-hydrogen) atoms. The molecule has 2 aliphatic heterocycles. The summed E-state index contributed by atoms with van der Waals surface area (Å²) < 4.78 is 37.9. The molecule has 5 heterocycles. The number of fused-ring (bicyclic) bond motifs is 1. The first kappa shape index (κ1) is 23.8. The fourth-order valence-corrected chi connectivity index (χ4v) is 6.05. The molecule has 14 heteroatoms. The van der Waals surface area contributed by atoms with Crippen LogP contribution in [0.4, 0.5) is 5.82 Å². The number of pyridine rings is 1. The van der Waals surface area contributed by atoms with Crippen molar-refractivity contribution in [1.82, 2.24) is 19.5 Å². The number of halogens is 1. The van der Waals surface area contributed by atoms with E-state index in [1.54, 1.807) is 35.3 Å². The molecule has 3 aromatic heterocycles. The Morgan fingerprint density at radius 3 is 3.03 bits per heavy atom. The van der Waals surface area contributed by atoms with Crippen LogP contribution in [0.5, 0.6) is 0 Å². The Balaban J connectivity index is 1.31. The third-order valence-corrected chi connectivity index (χ3v) is 8.12. The molecule has 0 radical (unpaired) electrons. The van der Waals surface area contributed by atoms with Crippen LogP contribution in [0.1, 0.15) is 31.2 Å². The lowest BCUT2D eigenvalue weighted by Gasteiger charge is -2.30. The van der Waals surface area contributed by atoms with Gasteiger partial charge in [-0.3, -0.25) is 18.6 Å². The molecular weight excluding hydrogens is 533 g/mol. The van der Waals surface area contributed by atoms with Crippen molar-refractivity contribution < 1.29 is 33.1 Å². The summed E-state index contributed by atoms with van der Waals surface area (Å²) in [5, 5.41) is 22.4. The largest absolute Gasteiger partial charge is 0.475 e. The molecule has 2 fully saturated rings. The second-order valence-corrected chi connectivity index (χ2v) is 10.7. The molecule has 0 aromatic carbocycles. The number of anilines is 1. The Bertz CT molecular complexity index is 1260. The second-order valence-electron chi connectivity index (χ2n) is 8.27. The van der Waals surface area contributed by atoms with Crippen molar-refractivity contribution in [1.29, 1.82) is 0 Å². The maximum Gasteiger partial charge on any atom is 0.475 e. The molecule has 4 N–H and O–H groups in total. The van der Waals surface area contributed by atoms with E-state index in [4.69, 9.17) is 24.0 Å². The Kier molecular flexibility index (Phi) is 6.23. The van der Waals surface area contributed by atoms with Crippen molar-refractivity contribution in [3.8, 4) is 0 Å². The first-order valence-electron chi connectivity index (χ1n) is 10.5. The fraction of sp³-hybridized carbons (Fsp3) is 0.450. The standard InChI is InChI=1S/C20H23BrN5O7P/c1-20(28)16(27)15(32-19(20)26-6-3-12-17(22)24-10-25-18(12)26)9-31-34(29)30-7-4-14(33-34)11-2-5-23-8-13(11)21/h2-3,5-6,8,10,14-16,19,27-28H,4,7,9H2,1H3,(H2,22,24,25)/t14-,15-,16-,19-,20-,34-/m1/s1. The number of hydrogen-bond acceptors (Lipinski definition) is 11. The molecule has 0 bridgehead atoms. The third kappa shape index (κ3) is 4.16. The number of aromatic nitrogens is 4. The van der Waals surface area contributed by atoms with Gasteiger partial charge >= 0.3 is 7.82 Å². The molecule has 2 saturated heterocycles. The molecular formula is C20H23BrN5O7P. The number of phosphoric acid groups is 1. The van der Waals surface area contributed by atoms with Crippen LogP contribution in [-0.2, 0) is 22.9 Å². The Labute approximate surface area is 202 Å². The van der Waals surface area contributed by atoms with Gasteiger partial charge in [0.05, 0.1) is 24.7 Å². The lowest BCUT2D eigenvalue weighted by atomic mass is 9.96. The number of nitrogens with two attached hydrogens (primary N) is 1. The SMILES string of the molecule is C[C@@]1(O)[C@H](O)[C@@H](CO[P@@]2(=O)OCC[C@H](c3ccncc3Br)O2)O[C@H]1n1ccc2c(N)ncnc21. The molecule has 0 amide bonds. The summed E-state index contributed by atoms with van der Waals surface area (Å²) in [6.45, 7) is 1.25. The Hall–Kier alpha value is -1.96. The minimum Gasteiger partial charge on any atom is -0.387 e. The highest BCUT2D eigenvalue weighted by molar-refractivity contribution is 9.10. The molecule has 182 valence electrons. The van der Waals surface area contributed by atoms with E-state index in [0.29, 0.717) is 21.9 Å². The van der Waals surface area contributed by atoms with Gasteiger partial charge in [-0.2, -0.15) is 0 Å². The molecule has 0 aliphatic carbocycles. The van der Waals surface area contributed by atoms with Gasteiger partial charge < -0.3 is 25.3 Å². The van der Waals surface area contributed by atoms with Crippen LogP contribution in [0.25, 0.3) is 11.0 Å². The molecule has 6 atom stereocenters. The summed E-state index contributed by atoms with van der Waals surface area (Å²) in [5.41, 5.74) is 5.38. The number of hydrogen-bond donors (Lipinski definition) is 3. The second kappa shape index (κ2) is 8.92. The van der Waals surface area contributed by atoms with Gasteiger partial charge in [0, 0.05) is 29.5 Å². The van der Waals surface area contributed by atoms with Crippen LogP contribution in [0.3, 0.4) is 0 Å². The number of phosphoric ester groups is 1. The highest BCUT2D eigenvalue weighted by Gasteiger charge is 2.54. The van der Waals surface area contributed by atoms with Crippen LogP contribution in [0.2, 0.25) is 0 Å². The summed E-state index contributed by atoms with van der Waals surface area (Å²) in [4.78, 5) is 12.2. The number of aliphatic hydroxyl groups is 2. The average molecular weight is 556 g/mol. The summed E-state index contributed by atoms with van der Waals surface area (Å²) in [6.07, 6.45) is 2.71. The Morgan fingerprint density at radius 2 is 2.24 bits per heavy atom. The van der Waals surface area contributed by atoms with Crippen LogP contribution in [0.15, 0.2) is 41.5 Å². The summed E-state index contributed by atoms with van der Waals surface area (Å²) >= 11 is 3.42. The van der Waals surface area contributed by atoms with E-state index in [1.165, 1.54) is 13.3 Å². The quantitative estimate of drug-likeness (QED) is 0.396. The van der Waals surface area contributed by atoms with Crippen molar-refractivity contribution in [3.05, 3.63) is 47.1 Å². The highest BCUT2D eigenvalue weighted by Crippen LogP contribution is 2.58. The summed E-state index contributed by atoms with van der Waals surface area (Å²) in [6, 6.07) is 3.45. The van der Waals surface area contributed by atoms with Gasteiger partial charge in [0.25, 0.3) is 0 Å². The van der Waals surface area contributed by atoms with E-state index >= 15 is 0 Å². The van der Waals surface area contributed by atoms with Crippen molar-refractivity contribution in [3.63, 3.8) is 0 Å². The maximum absolute atomic E-state index is 13.1. The smallest absolute Gasteiger partial charge is 0.387 e. The predicted octanol–water partition coefficient (Wildman–Crippen LogP) is 2.48. The predicted molar refractivity (Wildman–Crippen MR) is 122 cm³/mol. The van der Waals surface area contributed by atoms with E-state index in [-0.39, 0.29) is 19.0 Å². The maximum atomic E-state index is 13.1. The van der Waals surface area contributed by atoms with Crippen molar-refractivity contribution in [2.75, 3.05) is 18.9 Å². The van der Waals surface area contributed by atoms with Gasteiger partial charge in [-0.25, -0.2) is 14.5 Å². The summed E-state index contributed by atoms with van der Waals surface area (Å²) in [5.74, 6) is 0.280. The number of nitrogens with zero attached hydrogens (tertiary/aromatic N) is 4. The summed E-state index contributed by atoms with van der Waals surface area (Å²) in [7, 11) is -3.96. The number of aliphatic hydroxyl groups excluding tert-OH is 1. The lowest BCUT2D eigenvalue weighted by Crippen LogP contribution is -2.44. The first-order chi connectivity index (χ1) is 16.2. The van der Waals surface area contributed by atoms with Gasteiger partial charge in [-0.05, 0) is 40.5 Å². The van der Waals surface area contributed by atoms with Gasteiger partial charge in [-0.15, -0.1) is 0 Å². The molecule has 0 unspecified atom stereocenters. The molecule has 5 rings (SSSR count). The van der Waals surface area contributed by atoms with Crippen LogP contribution in [0, 0.1) is 0 Å². The first-order valence-corrected chi connectivity index (χ1v) is 12.7. The van der Waals surface area contributed by atoms with Crippen molar-refractivity contribution in [2.24, 2.45) is 0 Å². The average Bonchev–Trinajstić information content (AvgIpc) is 3.32. The number of ether oxygens (including phenoxy) is 1. The fourth-order valence-electron chi connectivity index (χ4n) is 4.16. The van der Waals surface area contributed by atoms with E-state index < -0.39 is 38.0 Å². The molecule has 2 aliphatic rings. The third-order valence-electron chi connectivity index (χ3n) is 5.98. The van der Waals surface area contributed by atoms with Crippen LogP contribution < -0.4 is 5.73 Å². The van der Waals surface area contributed by atoms with Gasteiger partial charge in [0.1, 0.15) is 35.6 Å². The Morgan fingerprint density at radius 1 is 1.41 bits per heavy atom. The zero-order valence-electron chi connectivity index (χ0n) is 18.0. The van der Waals surface area contributed by atoms with E-state index in [0.717, 1.165) is 5.56 Å². The van der Waals surface area contributed by atoms with Gasteiger partial charge in [-0.1, -0.05) is 0 Å². The van der Waals surface area contributed by atoms with Crippen LogP contribution >= 0.6 is 23.8 Å². The number of rotatable bonds is 5. The van der Waals surface area contributed by atoms with E-state index in [2.05, 4.69) is 30.9 Å². The lowest BCUT2D eigenvalue weighted by molar-refractivity contribution is -0.0950. The monoisotopic (exact) mass is 555 g/mol. The van der Waals surface area contributed by atoms with Crippen molar-refractivity contribution >= 4 is 40.6 Å². The van der Waals surface area contributed by atoms with Crippen molar-refractivity contribution in [2.45, 2.75) is 43.5 Å². The van der Waals surface area contributed by atoms with Gasteiger partial charge in [0.15, 0.2) is 6.23 Å². The minimum atomic E-state index is -3.96. The van der Waals surface area contributed by atoms with Gasteiger partial charge in [0.2, 0.25) is 0 Å². The highest BCUT2D eigenvalue weighted by atomic mass is 79.9. The molecule has 0 saturated carbocycles. The normalized spacial score (nSPS) is 34.0. The topological polar surface area (TPSA) is 164 Å². The number of nitrogen functional groups attached to an aromatic ring is 1. The zero-order chi connectivity index (χ0) is 24.1. The van der Waals surface area contributed by atoms with E-state index in [9.17, 15) is 14.8 Å². The molecule has 12 nitrogen and oxygen atoms in total. The minimum absolute atomic E-state index is 0.154. The zero-order valence-corrected chi connectivity index (χ0v) is 20.5.